The quantitative estimate of drug-likeness (QED) is 0.804. The number of nitrogens with one attached hydrogen (secondary N) is 1. The number of methoxy groups -OCH3 is 1. The van der Waals surface area contributed by atoms with Crippen LogP contribution in [0, 0.1) is 5.82 Å². The maximum atomic E-state index is 13.3. The average Bonchev–Trinajstić information content (AvgIpc) is 2.62. The lowest BCUT2D eigenvalue weighted by Gasteiger charge is -2.15. The molecule has 18 heavy (non-hydrogen) atoms. The van der Waals surface area contributed by atoms with E-state index < -0.39 is 15.7 Å². The molecule has 1 unspecified atom stereocenters. The van der Waals surface area contributed by atoms with Gasteiger partial charge in [0.1, 0.15) is 0 Å². The molecule has 0 amide bonds. The van der Waals surface area contributed by atoms with E-state index >= 15 is 0 Å². The van der Waals surface area contributed by atoms with Crippen molar-refractivity contribution < 1.29 is 17.5 Å². The Labute approximate surface area is 105 Å². The summed E-state index contributed by atoms with van der Waals surface area (Å²) in [5.41, 5.74) is 6.41. The van der Waals surface area contributed by atoms with E-state index in [0.717, 1.165) is 6.07 Å². The lowest BCUT2D eigenvalue weighted by atomic mass is 10.2. The zero-order valence-corrected chi connectivity index (χ0v) is 10.8. The minimum atomic E-state index is -2.96. The van der Waals surface area contributed by atoms with E-state index in [4.69, 9.17) is 10.5 Å². The first-order valence-corrected chi connectivity index (χ1v) is 7.33. The van der Waals surface area contributed by atoms with Gasteiger partial charge in [-0.3, -0.25) is 0 Å². The van der Waals surface area contributed by atoms with Gasteiger partial charge in [0.05, 0.1) is 30.0 Å². The number of benzene rings is 1. The predicted octanol–water partition coefficient (Wildman–Crippen LogP) is 1.02. The fourth-order valence-electron chi connectivity index (χ4n) is 1.98. The lowest BCUT2D eigenvalue weighted by Crippen LogP contribution is -2.21. The molecule has 100 valence electrons. The molecule has 1 atom stereocenters. The van der Waals surface area contributed by atoms with Crippen LogP contribution in [0.5, 0.6) is 5.75 Å². The van der Waals surface area contributed by atoms with Crippen molar-refractivity contribution in [3.05, 3.63) is 17.9 Å². The van der Waals surface area contributed by atoms with E-state index in [1.165, 1.54) is 13.2 Å². The van der Waals surface area contributed by atoms with Crippen LogP contribution >= 0.6 is 0 Å². The lowest BCUT2D eigenvalue weighted by molar-refractivity contribution is 0.387. The Hall–Kier alpha value is -1.50. The molecule has 1 aromatic carbocycles. The summed E-state index contributed by atoms with van der Waals surface area (Å²) in [6.45, 7) is 0. The van der Waals surface area contributed by atoms with E-state index in [-0.39, 0.29) is 29.0 Å². The van der Waals surface area contributed by atoms with Gasteiger partial charge in [0.2, 0.25) is 0 Å². The number of nitrogens with two attached hydrogens (primary N) is 1. The van der Waals surface area contributed by atoms with Crippen LogP contribution in [0.25, 0.3) is 0 Å². The fraction of sp³-hybridized carbons (Fsp3) is 0.455. The van der Waals surface area contributed by atoms with Crippen molar-refractivity contribution >= 4 is 21.2 Å². The molecule has 5 nitrogen and oxygen atoms in total. The molecule has 3 N–H and O–H groups in total. The monoisotopic (exact) mass is 274 g/mol. The molecular weight excluding hydrogens is 259 g/mol. The zero-order valence-electron chi connectivity index (χ0n) is 9.94. The molecule has 0 aliphatic carbocycles. The molecule has 1 heterocycles. The minimum Gasteiger partial charge on any atom is -0.494 e. The third-order valence-electron chi connectivity index (χ3n) is 2.92. The molecule has 7 heteroatoms. The number of halogens is 1. The number of ether oxygens (including phenoxy) is 1. The first kappa shape index (κ1) is 12.9. The number of rotatable bonds is 3. The molecule has 2 rings (SSSR count). The van der Waals surface area contributed by atoms with Gasteiger partial charge in [0.15, 0.2) is 21.4 Å². The van der Waals surface area contributed by atoms with Crippen LogP contribution in [0.3, 0.4) is 0 Å². The molecule has 0 aromatic heterocycles. The van der Waals surface area contributed by atoms with Gasteiger partial charge in [-0.2, -0.15) is 0 Å². The Morgan fingerprint density at radius 2 is 2.22 bits per heavy atom. The highest BCUT2D eigenvalue weighted by molar-refractivity contribution is 7.91. The summed E-state index contributed by atoms with van der Waals surface area (Å²) in [6.07, 6.45) is 0.529. The molecular formula is C11H15FN2O3S. The van der Waals surface area contributed by atoms with Crippen LogP contribution < -0.4 is 15.8 Å². The molecule has 1 aromatic rings. The number of hydrogen-bond donors (Lipinski definition) is 2. The maximum Gasteiger partial charge on any atom is 0.167 e. The van der Waals surface area contributed by atoms with Crippen LogP contribution in [0.4, 0.5) is 15.8 Å². The van der Waals surface area contributed by atoms with Gasteiger partial charge >= 0.3 is 0 Å². The van der Waals surface area contributed by atoms with Crippen LogP contribution in [0.1, 0.15) is 6.42 Å². The van der Waals surface area contributed by atoms with Crippen molar-refractivity contribution in [3.8, 4) is 5.75 Å². The van der Waals surface area contributed by atoms with Gasteiger partial charge in [0, 0.05) is 18.2 Å². The first-order chi connectivity index (χ1) is 8.41. The largest absolute Gasteiger partial charge is 0.494 e. The summed E-state index contributed by atoms with van der Waals surface area (Å²) < 4.78 is 40.9. The molecule has 1 aliphatic rings. The zero-order chi connectivity index (χ0) is 13.3. The number of hydrogen-bond acceptors (Lipinski definition) is 5. The molecule has 0 bridgehead atoms. The average molecular weight is 274 g/mol. The van der Waals surface area contributed by atoms with E-state index in [1.807, 2.05) is 0 Å². The van der Waals surface area contributed by atoms with Gasteiger partial charge in [-0.15, -0.1) is 0 Å². The summed E-state index contributed by atoms with van der Waals surface area (Å²) in [5, 5.41) is 3.02. The van der Waals surface area contributed by atoms with Crippen molar-refractivity contribution in [2.45, 2.75) is 12.5 Å². The minimum absolute atomic E-state index is 0.0755. The van der Waals surface area contributed by atoms with E-state index in [9.17, 15) is 12.8 Å². The van der Waals surface area contributed by atoms with Gasteiger partial charge < -0.3 is 15.8 Å². The summed E-state index contributed by atoms with van der Waals surface area (Å²) >= 11 is 0. The van der Waals surface area contributed by atoms with Gasteiger partial charge in [0.25, 0.3) is 0 Å². The van der Waals surface area contributed by atoms with Crippen LogP contribution in [-0.2, 0) is 9.84 Å². The Morgan fingerprint density at radius 3 is 2.78 bits per heavy atom. The van der Waals surface area contributed by atoms with Crippen molar-refractivity contribution in [1.82, 2.24) is 0 Å². The Bertz CT molecular complexity index is 560. The Kier molecular flexibility index (Phi) is 3.34. The second kappa shape index (κ2) is 4.64. The maximum absolute atomic E-state index is 13.3. The SMILES string of the molecule is COc1cc(NC2CCS(=O)(=O)C2)c(N)cc1F. The van der Waals surface area contributed by atoms with Gasteiger partial charge in [-0.1, -0.05) is 0 Å². The molecule has 0 radical (unpaired) electrons. The van der Waals surface area contributed by atoms with Crippen molar-refractivity contribution in [3.63, 3.8) is 0 Å². The van der Waals surface area contributed by atoms with Gasteiger partial charge in [-0.05, 0) is 6.42 Å². The number of nitrogen functional groups attached to an aromatic ring is 1. The smallest absolute Gasteiger partial charge is 0.167 e. The Morgan fingerprint density at radius 1 is 1.50 bits per heavy atom. The summed E-state index contributed by atoms with van der Waals surface area (Å²) in [4.78, 5) is 0. The van der Waals surface area contributed by atoms with Crippen molar-refractivity contribution in [2.75, 3.05) is 29.7 Å². The van der Waals surface area contributed by atoms with Crippen molar-refractivity contribution in [1.29, 1.82) is 0 Å². The molecule has 1 aliphatic heterocycles. The van der Waals surface area contributed by atoms with Crippen LogP contribution in [-0.4, -0.2) is 33.1 Å². The highest BCUT2D eigenvalue weighted by Gasteiger charge is 2.28. The summed E-state index contributed by atoms with van der Waals surface area (Å²) in [5.74, 6) is -0.221. The third-order valence-corrected chi connectivity index (χ3v) is 4.68. The molecule has 0 saturated carbocycles. The molecule has 1 fully saturated rings. The molecule has 0 spiro atoms. The molecule has 1 saturated heterocycles. The van der Waals surface area contributed by atoms with E-state index in [2.05, 4.69) is 5.32 Å². The number of sulfone groups is 1. The standard InChI is InChI=1S/C11H15FN2O3S/c1-17-11-5-10(9(13)4-8(11)12)14-7-2-3-18(15,16)6-7/h4-5,7,14H,2-3,6,13H2,1H3. The summed E-state index contributed by atoms with van der Waals surface area (Å²) in [6, 6.07) is 2.41. The second-order valence-electron chi connectivity index (χ2n) is 4.32. The Balaban J connectivity index is 2.19. The van der Waals surface area contributed by atoms with Gasteiger partial charge in [-0.25, -0.2) is 12.8 Å². The third kappa shape index (κ3) is 2.66. The number of anilines is 2. The van der Waals surface area contributed by atoms with E-state index in [0.29, 0.717) is 12.1 Å². The normalized spacial score (nSPS) is 21.8. The fourth-order valence-corrected chi connectivity index (χ4v) is 3.65. The topological polar surface area (TPSA) is 81.4 Å². The van der Waals surface area contributed by atoms with Crippen molar-refractivity contribution in [2.24, 2.45) is 0 Å². The highest BCUT2D eigenvalue weighted by atomic mass is 32.2. The second-order valence-corrected chi connectivity index (χ2v) is 6.55. The predicted molar refractivity (Wildman–Crippen MR) is 68.0 cm³/mol. The van der Waals surface area contributed by atoms with E-state index in [1.54, 1.807) is 0 Å². The highest BCUT2D eigenvalue weighted by Crippen LogP contribution is 2.29. The van der Waals surface area contributed by atoms with Crippen LogP contribution in [0.15, 0.2) is 12.1 Å². The summed E-state index contributed by atoms with van der Waals surface area (Å²) in [7, 11) is -1.60. The first-order valence-electron chi connectivity index (χ1n) is 5.51. The van der Waals surface area contributed by atoms with Crippen LogP contribution in [0.2, 0.25) is 0 Å².